The average molecular weight is 325 g/mol. The van der Waals surface area contributed by atoms with Gasteiger partial charge in [0.2, 0.25) is 0 Å². The number of thiazole rings is 1. The zero-order valence-electron chi connectivity index (χ0n) is 11.1. The molecule has 0 aliphatic rings. The van der Waals surface area contributed by atoms with Crippen molar-refractivity contribution in [2.45, 2.75) is 32.5 Å². The van der Waals surface area contributed by atoms with E-state index in [0.29, 0.717) is 10.7 Å². The van der Waals surface area contributed by atoms with Crippen LogP contribution in [0.1, 0.15) is 33.2 Å². The summed E-state index contributed by atoms with van der Waals surface area (Å²) in [6, 6.07) is -0.623. The lowest BCUT2D eigenvalue weighted by molar-refractivity contribution is -0.135. The number of hydrogen-bond acceptors (Lipinski definition) is 4. The third-order valence-corrected chi connectivity index (χ3v) is 3.50. The summed E-state index contributed by atoms with van der Waals surface area (Å²) >= 11 is 0.939. The van der Waals surface area contributed by atoms with Gasteiger partial charge < -0.3 is 15.7 Å². The number of aryl methyl sites for hydroxylation is 1. The normalized spacial score (nSPS) is 11.2. The molecule has 1 aromatic rings. The number of hydrogen-bond donors (Lipinski definition) is 3. The first-order valence-corrected chi connectivity index (χ1v) is 6.78. The van der Waals surface area contributed by atoms with Crippen LogP contribution < -0.4 is 10.6 Å². The number of halogens is 3. The van der Waals surface area contributed by atoms with Gasteiger partial charge in [-0.15, -0.1) is 11.3 Å². The molecule has 0 aliphatic carbocycles. The number of nitrogens with one attached hydrogen (secondary N) is 2. The third kappa shape index (κ3) is 6.43. The van der Waals surface area contributed by atoms with Gasteiger partial charge in [-0.25, -0.2) is 14.6 Å². The fourth-order valence-corrected chi connectivity index (χ4v) is 2.28. The van der Waals surface area contributed by atoms with Gasteiger partial charge in [-0.3, -0.25) is 0 Å². The largest absolute Gasteiger partial charge is 0.477 e. The average Bonchev–Trinajstić information content (AvgIpc) is 2.72. The van der Waals surface area contributed by atoms with E-state index in [1.165, 1.54) is 0 Å². The van der Waals surface area contributed by atoms with E-state index in [0.717, 1.165) is 11.3 Å². The maximum absolute atomic E-state index is 11.9. The number of carboxylic acid groups (broad SMARTS) is 1. The summed E-state index contributed by atoms with van der Waals surface area (Å²) in [5, 5.41) is 13.9. The van der Waals surface area contributed by atoms with E-state index in [-0.39, 0.29) is 24.4 Å². The Kier molecular flexibility index (Phi) is 5.94. The predicted octanol–water partition coefficient (Wildman–Crippen LogP) is 2.29. The molecule has 0 fully saturated rings. The molecule has 1 rings (SSSR count). The number of carbonyl (C=O) groups excluding carboxylic acids is 1. The standard InChI is InChI=1S/C11H14F3N3O3S/c1-6-8(9(18)19)21-7(17-6)5-16-10(20)15-4-2-3-11(12,13)14/h2-5H2,1H3,(H,18,19)(H2,15,16,20). The molecule has 0 atom stereocenters. The summed E-state index contributed by atoms with van der Waals surface area (Å²) in [4.78, 5) is 26.2. The second kappa shape index (κ2) is 7.25. The maximum atomic E-state index is 11.9. The van der Waals surface area contributed by atoms with Gasteiger partial charge >= 0.3 is 18.2 Å². The Hall–Kier alpha value is -1.84. The van der Waals surface area contributed by atoms with Gasteiger partial charge in [0.1, 0.15) is 9.88 Å². The first-order chi connectivity index (χ1) is 9.69. The molecule has 6 nitrogen and oxygen atoms in total. The SMILES string of the molecule is Cc1nc(CNC(=O)NCCCC(F)(F)F)sc1C(=O)O. The van der Waals surface area contributed by atoms with E-state index in [1.54, 1.807) is 6.92 Å². The number of rotatable bonds is 6. The molecular weight excluding hydrogens is 311 g/mol. The molecule has 0 aromatic carbocycles. The smallest absolute Gasteiger partial charge is 0.389 e. The van der Waals surface area contributed by atoms with Crippen LogP contribution in [0.25, 0.3) is 0 Å². The van der Waals surface area contributed by atoms with Gasteiger partial charge in [0.25, 0.3) is 0 Å². The monoisotopic (exact) mass is 325 g/mol. The Morgan fingerprint density at radius 3 is 2.52 bits per heavy atom. The summed E-state index contributed by atoms with van der Waals surface area (Å²) in [5.41, 5.74) is 0.356. The van der Waals surface area contributed by atoms with Crippen LogP contribution >= 0.6 is 11.3 Å². The lowest BCUT2D eigenvalue weighted by Crippen LogP contribution is -2.35. The van der Waals surface area contributed by atoms with E-state index in [9.17, 15) is 22.8 Å². The van der Waals surface area contributed by atoms with Crippen LogP contribution in [0, 0.1) is 6.92 Å². The molecule has 0 saturated heterocycles. The van der Waals surface area contributed by atoms with Crippen molar-refractivity contribution >= 4 is 23.3 Å². The van der Waals surface area contributed by atoms with Crippen molar-refractivity contribution in [1.29, 1.82) is 0 Å². The highest BCUT2D eigenvalue weighted by molar-refractivity contribution is 7.13. The van der Waals surface area contributed by atoms with Crippen molar-refractivity contribution < 1.29 is 27.9 Å². The first-order valence-electron chi connectivity index (χ1n) is 5.97. The molecule has 0 unspecified atom stereocenters. The van der Waals surface area contributed by atoms with Gasteiger partial charge in [-0.05, 0) is 13.3 Å². The molecule has 21 heavy (non-hydrogen) atoms. The van der Waals surface area contributed by atoms with E-state index in [1.807, 2.05) is 0 Å². The van der Waals surface area contributed by atoms with Crippen LogP contribution in [-0.2, 0) is 6.54 Å². The van der Waals surface area contributed by atoms with E-state index in [4.69, 9.17) is 5.11 Å². The molecule has 3 N–H and O–H groups in total. The van der Waals surface area contributed by atoms with Gasteiger partial charge in [-0.2, -0.15) is 13.2 Å². The molecule has 0 saturated carbocycles. The highest BCUT2D eigenvalue weighted by atomic mass is 32.1. The minimum atomic E-state index is -4.23. The minimum Gasteiger partial charge on any atom is -0.477 e. The van der Waals surface area contributed by atoms with Crippen LogP contribution in [0.5, 0.6) is 0 Å². The van der Waals surface area contributed by atoms with Crippen molar-refractivity contribution in [3.05, 3.63) is 15.6 Å². The van der Waals surface area contributed by atoms with Crippen molar-refractivity contribution in [2.75, 3.05) is 6.54 Å². The predicted molar refractivity (Wildman–Crippen MR) is 69.3 cm³/mol. The van der Waals surface area contributed by atoms with Crippen LogP contribution in [0.3, 0.4) is 0 Å². The molecule has 0 bridgehead atoms. The third-order valence-electron chi connectivity index (χ3n) is 2.36. The molecule has 2 amide bonds. The highest BCUT2D eigenvalue weighted by Crippen LogP contribution is 2.20. The Balaban J connectivity index is 2.30. The van der Waals surface area contributed by atoms with Gasteiger partial charge in [0.05, 0.1) is 12.2 Å². The summed E-state index contributed by atoms with van der Waals surface area (Å²) in [6.07, 6.45) is -5.39. The Labute approximate surface area is 122 Å². The van der Waals surface area contributed by atoms with Gasteiger partial charge in [-0.1, -0.05) is 0 Å². The molecular formula is C11H14F3N3O3S. The van der Waals surface area contributed by atoms with E-state index >= 15 is 0 Å². The molecule has 0 radical (unpaired) electrons. The zero-order valence-corrected chi connectivity index (χ0v) is 11.9. The summed E-state index contributed by atoms with van der Waals surface area (Å²) in [7, 11) is 0. The Bertz CT molecular complexity index is 517. The summed E-state index contributed by atoms with van der Waals surface area (Å²) in [5.74, 6) is -1.09. The van der Waals surface area contributed by atoms with E-state index in [2.05, 4.69) is 15.6 Å². The molecule has 1 aromatic heterocycles. The number of aromatic nitrogens is 1. The number of carboxylic acids is 1. The van der Waals surface area contributed by atoms with Crippen LogP contribution in [0.15, 0.2) is 0 Å². The molecule has 0 spiro atoms. The zero-order chi connectivity index (χ0) is 16.0. The number of urea groups is 1. The quantitative estimate of drug-likeness (QED) is 0.700. The summed E-state index contributed by atoms with van der Waals surface area (Å²) in [6.45, 7) is 1.47. The van der Waals surface area contributed by atoms with Gasteiger partial charge in [0.15, 0.2) is 0 Å². The van der Waals surface area contributed by atoms with Crippen molar-refractivity contribution in [1.82, 2.24) is 15.6 Å². The van der Waals surface area contributed by atoms with Crippen molar-refractivity contribution in [3.63, 3.8) is 0 Å². The summed E-state index contributed by atoms with van der Waals surface area (Å²) < 4.78 is 35.6. The topological polar surface area (TPSA) is 91.3 Å². The van der Waals surface area contributed by atoms with Gasteiger partial charge in [0, 0.05) is 13.0 Å². The number of nitrogens with zero attached hydrogens (tertiary/aromatic N) is 1. The van der Waals surface area contributed by atoms with Crippen molar-refractivity contribution in [3.8, 4) is 0 Å². The lowest BCUT2D eigenvalue weighted by Gasteiger charge is -2.08. The molecule has 1 heterocycles. The Morgan fingerprint density at radius 2 is 2.00 bits per heavy atom. The highest BCUT2D eigenvalue weighted by Gasteiger charge is 2.25. The number of carbonyl (C=O) groups is 2. The van der Waals surface area contributed by atoms with E-state index < -0.39 is 24.6 Å². The molecule has 0 aliphatic heterocycles. The second-order valence-corrected chi connectivity index (χ2v) is 5.24. The number of aromatic carboxylic acids is 1. The van der Waals surface area contributed by atoms with Crippen LogP contribution in [0.4, 0.5) is 18.0 Å². The molecule has 118 valence electrons. The van der Waals surface area contributed by atoms with Crippen molar-refractivity contribution in [2.24, 2.45) is 0 Å². The van der Waals surface area contributed by atoms with Crippen LogP contribution in [0.2, 0.25) is 0 Å². The minimum absolute atomic E-state index is 0.0177. The molecule has 10 heteroatoms. The fraction of sp³-hybridized carbons (Fsp3) is 0.545. The first kappa shape index (κ1) is 17.2. The Morgan fingerprint density at radius 1 is 1.33 bits per heavy atom. The number of alkyl halides is 3. The lowest BCUT2D eigenvalue weighted by atomic mass is 10.3. The second-order valence-electron chi connectivity index (χ2n) is 4.16. The fourth-order valence-electron chi connectivity index (χ4n) is 1.44. The number of amides is 2. The van der Waals surface area contributed by atoms with Crippen LogP contribution in [-0.4, -0.2) is 34.8 Å². The maximum Gasteiger partial charge on any atom is 0.389 e.